The molecule has 2 amide bonds. The minimum absolute atomic E-state index is 0.0853. The number of rotatable bonds is 7. The maximum absolute atomic E-state index is 12.5. The summed E-state index contributed by atoms with van der Waals surface area (Å²) in [5.74, 6) is 2.82. The highest BCUT2D eigenvalue weighted by Crippen LogP contribution is 2.60. The van der Waals surface area contributed by atoms with Crippen LogP contribution in [-0.2, 0) is 0 Å². The van der Waals surface area contributed by atoms with E-state index < -0.39 is 0 Å². The van der Waals surface area contributed by atoms with Gasteiger partial charge in [0.15, 0.2) is 0 Å². The summed E-state index contributed by atoms with van der Waals surface area (Å²) in [7, 11) is 1.97. The molecule has 1 heterocycles. The van der Waals surface area contributed by atoms with Gasteiger partial charge in [0, 0.05) is 39.1 Å². The van der Waals surface area contributed by atoms with Gasteiger partial charge in [0.2, 0.25) is 0 Å². The largest absolute Gasteiger partial charge is 0.384 e. The Balaban J connectivity index is 1.18. The van der Waals surface area contributed by atoms with E-state index >= 15 is 0 Å². The van der Waals surface area contributed by atoms with E-state index in [4.69, 9.17) is 0 Å². The maximum Gasteiger partial charge on any atom is 0.317 e. The number of nitrogens with zero attached hydrogens (tertiary/aromatic N) is 2. The summed E-state index contributed by atoms with van der Waals surface area (Å²) >= 11 is 0. The molecule has 0 spiro atoms. The number of pyridine rings is 1. The molecule has 1 aromatic rings. The van der Waals surface area contributed by atoms with E-state index in [9.17, 15) is 4.79 Å². The molecule has 4 bridgehead atoms. The third kappa shape index (κ3) is 3.97. The maximum atomic E-state index is 12.5. The normalized spacial score (nSPS) is 31.7. The molecule has 0 saturated heterocycles. The zero-order chi connectivity index (χ0) is 18.0. The molecule has 0 radical (unpaired) electrons. The first-order valence-electron chi connectivity index (χ1n) is 10.2. The molecule has 5 nitrogen and oxygen atoms in total. The van der Waals surface area contributed by atoms with E-state index in [2.05, 4.69) is 15.6 Å². The molecule has 4 fully saturated rings. The van der Waals surface area contributed by atoms with Crippen molar-refractivity contribution in [3.8, 4) is 0 Å². The van der Waals surface area contributed by atoms with Gasteiger partial charge < -0.3 is 15.5 Å². The summed E-state index contributed by atoms with van der Waals surface area (Å²) in [5.41, 5.74) is 1.45. The number of nitrogens with one attached hydrogen (secondary N) is 2. The smallest absolute Gasteiger partial charge is 0.317 e. The summed E-state index contributed by atoms with van der Waals surface area (Å²) < 4.78 is 0. The standard InChI is InChI=1S/C21H32N4O/c1-25(15-21-11-16-8-17(12-21)10-18(9-16)13-21)20(26)24-7-3-6-23-19-4-2-5-22-14-19/h2,4-5,14,16-18,23H,3,6-13,15H2,1H3,(H,24,26). The van der Waals surface area contributed by atoms with Crippen LogP contribution >= 0.6 is 0 Å². The molecular weight excluding hydrogens is 324 g/mol. The molecule has 0 aromatic carbocycles. The second kappa shape index (κ2) is 7.45. The number of hydrogen-bond acceptors (Lipinski definition) is 3. The number of amides is 2. The molecule has 5 rings (SSSR count). The highest BCUT2D eigenvalue weighted by Gasteiger charge is 2.51. The summed E-state index contributed by atoms with van der Waals surface area (Å²) in [5, 5.41) is 6.41. The van der Waals surface area contributed by atoms with Crippen LogP contribution in [0.4, 0.5) is 10.5 Å². The Morgan fingerprint density at radius 1 is 1.19 bits per heavy atom. The highest BCUT2D eigenvalue weighted by molar-refractivity contribution is 5.73. The SMILES string of the molecule is CN(CC12CC3CC(CC(C3)C1)C2)C(=O)NCCCNc1cccnc1. The minimum atomic E-state index is 0.0853. The Morgan fingerprint density at radius 3 is 2.50 bits per heavy atom. The second-order valence-corrected chi connectivity index (χ2v) is 9.03. The topological polar surface area (TPSA) is 57.3 Å². The second-order valence-electron chi connectivity index (χ2n) is 9.03. The van der Waals surface area contributed by atoms with Crippen LogP contribution in [-0.4, -0.2) is 42.6 Å². The fraction of sp³-hybridized carbons (Fsp3) is 0.714. The molecular formula is C21H32N4O. The number of carbonyl (C=O) groups excluding carboxylic acids is 1. The lowest BCUT2D eigenvalue weighted by Gasteiger charge is -2.57. The molecule has 142 valence electrons. The first-order valence-corrected chi connectivity index (χ1v) is 10.2. The Kier molecular flexibility index (Phi) is 5.05. The first-order chi connectivity index (χ1) is 12.6. The van der Waals surface area contributed by atoms with Gasteiger partial charge in [0.25, 0.3) is 0 Å². The van der Waals surface area contributed by atoms with Gasteiger partial charge in [-0.1, -0.05) is 0 Å². The van der Waals surface area contributed by atoms with Gasteiger partial charge in [-0.25, -0.2) is 4.79 Å². The van der Waals surface area contributed by atoms with Crippen LogP contribution < -0.4 is 10.6 Å². The molecule has 4 saturated carbocycles. The van der Waals surface area contributed by atoms with E-state index in [-0.39, 0.29) is 6.03 Å². The van der Waals surface area contributed by atoms with E-state index in [0.717, 1.165) is 43.0 Å². The lowest BCUT2D eigenvalue weighted by molar-refractivity contribution is -0.0616. The van der Waals surface area contributed by atoms with Crippen LogP contribution in [0.1, 0.15) is 44.9 Å². The molecule has 0 aliphatic heterocycles. The molecule has 0 atom stereocenters. The van der Waals surface area contributed by atoms with Crippen LogP contribution in [0.3, 0.4) is 0 Å². The van der Waals surface area contributed by atoms with Crippen molar-refractivity contribution >= 4 is 11.7 Å². The van der Waals surface area contributed by atoms with Crippen molar-refractivity contribution in [3.63, 3.8) is 0 Å². The highest BCUT2D eigenvalue weighted by atomic mass is 16.2. The predicted molar refractivity (Wildman–Crippen MR) is 104 cm³/mol. The van der Waals surface area contributed by atoms with E-state index in [0.29, 0.717) is 12.0 Å². The van der Waals surface area contributed by atoms with Crippen molar-refractivity contribution in [2.75, 3.05) is 32.0 Å². The zero-order valence-electron chi connectivity index (χ0n) is 15.9. The van der Waals surface area contributed by atoms with Crippen LogP contribution in [0, 0.1) is 23.2 Å². The fourth-order valence-corrected chi connectivity index (χ4v) is 6.18. The number of aromatic nitrogens is 1. The number of carbonyl (C=O) groups is 1. The quantitative estimate of drug-likeness (QED) is 0.732. The van der Waals surface area contributed by atoms with Crippen LogP contribution in [0.5, 0.6) is 0 Å². The third-order valence-electron chi connectivity index (χ3n) is 6.70. The van der Waals surface area contributed by atoms with Gasteiger partial charge in [-0.3, -0.25) is 4.98 Å². The Morgan fingerprint density at radius 2 is 1.88 bits per heavy atom. The summed E-state index contributed by atoms with van der Waals surface area (Å²) in [6.07, 6.45) is 12.9. The zero-order valence-corrected chi connectivity index (χ0v) is 15.9. The van der Waals surface area contributed by atoms with Crippen LogP contribution in [0.25, 0.3) is 0 Å². The lowest BCUT2D eigenvalue weighted by Crippen LogP contribution is -2.52. The number of anilines is 1. The van der Waals surface area contributed by atoms with Crippen molar-refractivity contribution in [1.29, 1.82) is 0 Å². The van der Waals surface area contributed by atoms with Gasteiger partial charge in [-0.15, -0.1) is 0 Å². The van der Waals surface area contributed by atoms with Crippen molar-refractivity contribution in [3.05, 3.63) is 24.5 Å². The van der Waals surface area contributed by atoms with Crippen LogP contribution in [0.15, 0.2) is 24.5 Å². The van der Waals surface area contributed by atoms with Gasteiger partial charge in [-0.2, -0.15) is 0 Å². The van der Waals surface area contributed by atoms with Gasteiger partial charge in [0.1, 0.15) is 0 Å². The molecule has 5 heteroatoms. The Labute approximate surface area is 156 Å². The summed E-state index contributed by atoms with van der Waals surface area (Å²) in [4.78, 5) is 18.5. The van der Waals surface area contributed by atoms with Gasteiger partial charge in [0.05, 0.1) is 5.69 Å². The molecule has 4 aliphatic rings. The predicted octanol–water partition coefficient (Wildman–Crippen LogP) is 3.74. The van der Waals surface area contributed by atoms with E-state index in [1.165, 1.54) is 38.5 Å². The number of hydrogen-bond donors (Lipinski definition) is 2. The van der Waals surface area contributed by atoms with Crippen molar-refractivity contribution in [2.24, 2.45) is 23.2 Å². The van der Waals surface area contributed by atoms with Gasteiger partial charge >= 0.3 is 6.03 Å². The molecule has 0 unspecified atom stereocenters. The molecule has 4 aliphatic carbocycles. The monoisotopic (exact) mass is 356 g/mol. The first kappa shape index (κ1) is 17.6. The van der Waals surface area contributed by atoms with E-state index in [1.807, 2.05) is 30.3 Å². The summed E-state index contributed by atoms with van der Waals surface area (Å²) in [6, 6.07) is 4.01. The van der Waals surface area contributed by atoms with Gasteiger partial charge in [-0.05, 0) is 80.2 Å². The molecule has 26 heavy (non-hydrogen) atoms. The molecule has 2 N–H and O–H groups in total. The fourth-order valence-electron chi connectivity index (χ4n) is 6.18. The third-order valence-corrected chi connectivity index (χ3v) is 6.70. The lowest BCUT2D eigenvalue weighted by atomic mass is 9.49. The average molecular weight is 357 g/mol. The van der Waals surface area contributed by atoms with Crippen molar-refractivity contribution in [2.45, 2.75) is 44.9 Å². The minimum Gasteiger partial charge on any atom is -0.384 e. The van der Waals surface area contributed by atoms with Crippen LogP contribution in [0.2, 0.25) is 0 Å². The molecule has 1 aromatic heterocycles. The Hall–Kier alpha value is -1.78. The number of urea groups is 1. The van der Waals surface area contributed by atoms with Crippen molar-refractivity contribution < 1.29 is 4.79 Å². The van der Waals surface area contributed by atoms with Crippen molar-refractivity contribution in [1.82, 2.24) is 15.2 Å². The van der Waals surface area contributed by atoms with E-state index in [1.54, 1.807) is 6.20 Å². The Bertz CT molecular complexity index is 582. The summed E-state index contributed by atoms with van der Waals surface area (Å²) in [6.45, 7) is 2.48. The average Bonchev–Trinajstić information content (AvgIpc) is 2.60.